The standard InChI is InChI=1S/C20H26N2O2/c1-15-7-9-17(10-8-15)11-12-21-20(23)22-16(2)13-18-5-4-6-19(14-18)24-3/h4-10,14,16H,11-13H2,1-3H3,(H2,21,22,23). The predicted octanol–water partition coefficient (Wildman–Crippen LogP) is 3.48. The molecule has 0 heterocycles. The summed E-state index contributed by atoms with van der Waals surface area (Å²) < 4.78 is 5.22. The van der Waals surface area contributed by atoms with Gasteiger partial charge in [-0.3, -0.25) is 0 Å². The molecule has 0 bridgehead atoms. The molecular formula is C20H26N2O2. The van der Waals surface area contributed by atoms with E-state index in [4.69, 9.17) is 4.74 Å². The first-order valence-corrected chi connectivity index (χ1v) is 8.29. The van der Waals surface area contributed by atoms with Crippen molar-refractivity contribution in [3.8, 4) is 5.75 Å². The van der Waals surface area contributed by atoms with Gasteiger partial charge in [0, 0.05) is 12.6 Å². The number of carbonyl (C=O) groups is 1. The van der Waals surface area contributed by atoms with Gasteiger partial charge >= 0.3 is 6.03 Å². The summed E-state index contributed by atoms with van der Waals surface area (Å²) in [5, 5.41) is 5.88. The van der Waals surface area contributed by atoms with Crippen molar-refractivity contribution < 1.29 is 9.53 Å². The van der Waals surface area contributed by atoms with E-state index in [1.54, 1.807) is 7.11 Å². The minimum atomic E-state index is -0.127. The number of methoxy groups -OCH3 is 1. The van der Waals surface area contributed by atoms with E-state index in [2.05, 4.69) is 41.8 Å². The third kappa shape index (κ3) is 5.95. The lowest BCUT2D eigenvalue weighted by Crippen LogP contribution is -2.42. The second-order valence-electron chi connectivity index (χ2n) is 6.09. The van der Waals surface area contributed by atoms with E-state index in [-0.39, 0.29) is 12.1 Å². The van der Waals surface area contributed by atoms with Crippen molar-refractivity contribution in [3.05, 3.63) is 65.2 Å². The van der Waals surface area contributed by atoms with Gasteiger partial charge in [0.1, 0.15) is 5.75 Å². The van der Waals surface area contributed by atoms with Gasteiger partial charge in [0.25, 0.3) is 0 Å². The lowest BCUT2D eigenvalue weighted by molar-refractivity contribution is 0.238. The van der Waals surface area contributed by atoms with Gasteiger partial charge in [-0.25, -0.2) is 4.79 Å². The third-order valence-electron chi connectivity index (χ3n) is 3.87. The zero-order valence-electron chi connectivity index (χ0n) is 14.6. The van der Waals surface area contributed by atoms with E-state index in [1.807, 2.05) is 31.2 Å². The zero-order valence-corrected chi connectivity index (χ0v) is 14.6. The summed E-state index contributed by atoms with van der Waals surface area (Å²) in [5.41, 5.74) is 3.61. The van der Waals surface area contributed by atoms with E-state index in [0.29, 0.717) is 6.54 Å². The lowest BCUT2D eigenvalue weighted by atomic mass is 10.1. The molecule has 0 aliphatic heterocycles. The molecule has 128 valence electrons. The third-order valence-corrected chi connectivity index (χ3v) is 3.87. The highest BCUT2D eigenvalue weighted by Gasteiger charge is 2.08. The molecule has 0 radical (unpaired) electrons. The Labute approximate surface area is 144 Å². The maximum absolute atomic E-state index is 12.0. The Bertz CT molecular complexity index is 653. The molecule has 0 aromatic heterocycles. The van der Waals surface area contributed by atoms with Crippen LogP contribution >= 0.6 is 0 Å². The number of hydrogen-bond acceptors (Lipinski definition) is 2. The van der Waals surface area contributed by atoms with Crippen molar-refractivity contribution in [1.29, 1.82) is 0 Å². The number of ether oxygens (including phenoxy) is 1. The number of aryl methyl sites for hydroxylation is 1. The number of amides is 2. The van der Waals surface area contributed by atoms with Crippen LogP contribution < -0.4 is 15.4 Å². The molecule has 0 spiro atoms. The van der Waals surface area contributed by atoms with Crippen molar-refractivity contribution in [2.75, 3.05) is 13.7 Å². The summed E-state index contributed by atoms with van der Waals surface area (Å²) in [6.07, 6.45) is 1.60. The van der Waals surface area contributed by atoms with Gasteiger partial charge in [-0.05, 0) is 49.9 Å². The molecule has 4 heteroatoms. The van der Waals surface area contributed by atoms with Crippen LogP contribution in [0.1, 0.15) is 23.6 Å². The summed E-state index contributed by atoms with van der Waals surface area (Å²) in [6, 6.07) is 16.2. The molecule has 2 N–H and O–H groups in total. The highest BCUT2D eigenvalue weighted by molar-refractivity contribution is 5.74. The van der Waals surface area contributed by atoms with Gasteiger partial charge in [0.15, 0.2) is 0 Å². The second kappa shape index (κ2) is 8.96. The van der Waals surface area contributed by atoms with Crippen LogP contribution in [0.25, 0.3) is 0 Å². The average molecular weight is 326 g/mol. The van der Waals surface area contributed by atoms with Crippen molar-refractivity contribution in [1.82, 2.24) is 10.6 Å². The Morgan fingerprint density at radius 1 is 1.12 bits per heavy atom. The quantitative estimate of drug-likeness (QED) is 0.818. The van der Waals surface area contributed by atoms with Crippen LogP contribution in [-0.2, 0) is 12.8 Å². The fourth-order valence-corrected chi connectivity index (χ4v) is 2.55. The topological polar surface area (TPSA) is 50.4 Å². The molecule has 0 aliphatic carbocycles. The van der Waals surface area contributed by atoms with Crippen LogP contribution in [0.2, 0.25) is 0 Å². The summed E-state index contributed by atoms with van der Waals surface area (Å²) in [7, 11) is 1.66. The molecule has 2 amide bonds. The Balaban J connectivity index is 1.72. The zero-order chi connectivity index (χ0) is 17.4. The largest absolute Gasteiger partial charge is 0.497 e. The SMILES string of the molecule is COc1cccc(CC(C)NC(=O)NCCc2ccc(C)cc2)c1. The molecule has 1 unspecified atom stereocenters. The molecular weight excluding hydrogens is 300 g/mol. The molecule has 0 saturated carbocycles. The van der Waals surface area contributed by atoms with Crippen LogP contribution in [0.3, 0.4) is 0 Å². The predicted molar refractivity (Wildman–Crippen MR) is 97.6 cm³/mol. The number of hydrogen-bond donors (Lipinski definition) is 2. The fourth-order valence-electron chi connectivity index (χ4n) is 2.55. The highest BCUT2D eigenvalue weighted by atomic mass is 16.5. The monoisotopic (exact) mass is 326 g/mol. The molecule has 0 saturated heterocycles. The Morgan fingerprint density at radius 3 is 2.58 bits per heavy atom. The maximum Gasteiger partial charge on any atom is 0.315 e. The molecule has 1 atom stereocenters. The van der Waals surface area contributed by atoms with E-state index in [0.717, 1.165) is 24.2 Å². The first-order chi connectivity index (χ1) is 11.6. The molecule has 2 rings (SSSR count). The Kier molecular flexibility index (Phi) is 6.67. The average Bonchev–Trinajstić information content (AvgIpc) is 2.56. The van der Waals surface area contributed by atoms with Gasteiger partial charge in [-0.15, -0.1) is 0 Å². The number of rotatable bonds is 7. The summed E-state index contributed by atoms with van der Waals surface area (Å²) >= 11 is 0. The van der Waals surface area contributed by atoms with E-state index in [9.17, 15) is 4.79 Å². The van der Waals surface area contributed by atoms with Crippen molar-refractivity contribution >= 4 is 6.03 Å². The normalized spacial score (nSPS) is 11.6. The van der Waals surface area contributed by atoms with E-state index >= 15 is 0 Å². The molecule has 2 aromatic rings. The number of nitrogens with one attached hydrogen (secondary N) is 2. The fraction of sp³-hybridized carbons (Fsp3) is 0.350. The number of benzene rings is 2. The summed E-state index contributed by atoms with van der Waals surface area (Å²) in [5.74, 6) is 0.835. The first kappa shape index (κ1) is 17.9. The molecule has 24 heavy (non-hydrogen) atoms. The van der Waals surface area contributed by atoms with Gasteiger partial charge in [0.05, 0.1) is 7.11 Å². The van der Waals surface area contributed by atoms with E-state index in [1.165, 1.54) is 11.1 Å². The highest BCUT2D eigenvalue weighted by Crippen LogP contribution is 2.13. The van der Waals surface area contributed by atoms with Crippen molar-refractivity contribution in [2.45, 2.75) is 32.7 Å². The minimum Gasteiger partial charge on any atom is -0.497 e. The molecule has 4 nitrogen and oxygen atoms in total. The summed E-state index contributed by atoms with van der Waals surface area (Å²) in [6.45, 7) is 4.69. The van der Waals surface area contributed by atoms with Gasteiger partial charge in [-0.1, -0.05) is 42.0 Å². The maximum atomic E-state index is 12.0. The number of carbonyl (C=O) groups excluding carboxylic acids is 1. The lowest BCUT2D eigenvalue weighted by Gasteiger charge is -2.15. The van der Waals surface area contributed by atoms with E-state index < -0.39 is 0 Å². The van der Waals surface area contributed by atoms with Crippen molar-refractivity contribution in [2.24, 2.45) is 0 Å². The minimum absolute atomic E-state index is 0.0523. The number of urea groups is 1. The van der Waals surface area contributed by atoms with Crippen LogP contribution in [0, 0.1) is 6.92 Å². The second-order valence-corrected chi connectivity index (χ2v) is 6.09. The van der Waals surface area contributed by atoms with Gasteiger partial charge in [0.2, 0.25) is 0 Å². The van der Waals surface area contributed by atoms with Crippen LogP contribution in [-0.4, -0.2) is 25.7 Å². The smallest absolute Gasteiger partial charge is 0.315 e. The first-order valence-electron chi connectivity index (χ1n) is 8.29. The van der Waals surface area contributed by atoms with Gasteiger partial charge < -0.3 is 15.4 Å². The van der Waals surface area contributed by atoms with Crippen molar-refractivity contribution in [3.63, 3.8) is 0 Å². The van der Waals surface area contributed by atoms with Crippen LogP contribution in [0.15, 0.2) is 48.5 Å². The van der Waals surface area contributed by atoms with Gasteiger partial charge in [-0.2, -0.15) is 0 Å². The molecule has 0 aliphatic rings. The van der Waals surface area contributed by atoms with Crippen LogP contribution in [0.5, 0.6) is 5.75 Å². The Hall–Kier alpha value is -2.49. The molecule has 0 fully saturated rings. The van der Waals surface area contributed by atoms with Crippen LogP contribution in [0.4, 0.5) is 4.79 Å². The Morgan fingerprint density at radius 2 is 1.88 bits per heavy atom. The summed E-state index contributed by atoms with van der Waals surface area (Å²) in [4.78, 5) is 12.0. The molecule has 2 aromatic carbocycles.